The van der Waals surface area contributed by atoms with Gasteiger partial charge in [-0.25, -0.2) is 0 Å². The second kappa shape index (κ2) is 6.78. The number of nitrogens with one attached hydrogen (secondary N) is 1. The molecule has 1 aromatic carbocycles. The molecule has 0 unspecified atom stereocenters. The van der Waals surface area contributed by atoms with E-state index in [-0.39, 0.29) is 22.4 Å². The number of benzene rings is 1. The van der Waals surface area contributed by atoms with Crippen LogP contribution in [0.3, 0.4) is 0 Å². The van der Waals surface area contributed by atoms with Gasteiger partial charge >= 0.3 is 5.97 Å². The Morgan fingerprint density at radius 2 is 1.78 bits per heavy atom. The molecule has 4 bridgehead atoms. The Labute approximate surface area is 161 Å². The summed E-state index contributed by atoms with van der Waals surface area (Å²) in [6, 6.07) is 3.90. The minimum Gasteiger partial charge on any atom is -0.455 e. The predicted octanol–water partition coefficient (Wildman–Crippen LogP) is 3.95. The Morgan fingerprint density at radius 1 is 1.19 bits per heavy atom. The highest BCUT2D eigenvalue weighted by Gasteiger charge is 2.55. The molecule has 1 amide bonds. The number of hydrogen-bond acceptors (Lipinski definition) is 5. The van der Waals surface area contributed by atoms with Gasteiger partial charge in [-0.3, -0.25) is 19.7 Å². The minimum absolute atomic E-state index is 0.0108. The van der Waals surface area contributed by atoms with E-state index in [9.17, 15) is 19.7 Å². The standard InChI is InChI=1S/C19H21ClN2O5/c20-14-1-2-16(22(25)26)15(6-14)21-17(23)10-27-18(24)19-7-11-3-12(8-19)5-13(4-11)9-19/h1-2,6,11-13H,3-5,7-10H2,(H,21,23). The van der Waals surface area contributed by atoms with E-state index < -0.39 is 22.9 Å². The minimum atomic E-state index is -0.613. The number of hydrogen-bond donors (Lipinski definition) is 1. The molecule has 1 N–H and O–H groups in total. The molecule has 4 fully saturated rings. The van der Waals surface area contributed by atoms with E-state index >= 15 is 0 Å². The fourth-order valence-electron chi connectivity index (χ4n) is 5.60. The zero-order valence-electron chi connectivity index (χ0n) is 14.8. The highest BCUT2D eigenvalue weighted by molar-refractivity contribution is 6.31. The third kappa shape index (κ3) is 3.52. The van der Waals surface area contributed by atoms with Crippen LogP contribution in [0.4, 0.5) is 11.4 Å². The first-order valence-electron chi connectivity index (χ1n) is 9.26. The SMILES string of the molecule is O=C(COC(=O)C12CC3CC(CC(C3)C1)C2)Nc1cc(Cl)ccc1[N+](=O)[O-]. The average molecular weight is 393 g/mol. The van der Waals surface area contributed by atoms with Gasteiger partial charge in [0.2, 0.25) is 0 Å². The second-order valence-electron chi connectivity index (χ2n) is 8.24. The molecule has 0 aliphatic heterocycles. The third-order valence-electron chi connectivity index (χ3n) is 6.23. The molecule has 7 nitrogen and oxygen atoms in total. The lowest BCUT2D eigenvalue weighted by Crippen LogP contribution is -2.50. The summed E-state index contributed by atoms with van der Waals surface area (Å²) in [4.78, 5) is 35.4. The Bertz CT molecular complexity index is 774. The number of carbonyl (C=O) groups excluding carboxylic acids is 2. The van der Waals surface area contributed by atoms with Gasteiger partial charge in [-0.15, -0.1) is 0 Å². The first-order chi connectivity index (χ1) is 12.8. The molecule has 144 valence electrons. The van der Waals surface area contributed by atoms with Crippen LogP contribution in [0.15, 0.2) is 18.2 Å². The summed E-state index contributed by atoms with van der Waals surface area (Å²) in [5.41, 5.74) is -0.708. The van der Waals surface area contributed by atoms with Crippen LogP contribution in [0.2, 0.25) is 5.02 Å². The number of ether oxygens (including phenoxy) is 1. The van der Waals surface area contributed by atoms with Gasteiger partial charge in [0.1, 0.15) is 5.69 Å². The molecule has 8 heteroatoms. The van der Waals surface area contributed by atoms with Crippen molar-refractivity contribution in [1.82, 2.24) is 0 Å². The number of nitro groups is 1. The van der Waals surface area contributed by atoms with Crippen LogP contribution in [0.25, 0.3) is 0 Å². The molecule has 0 heterocycles. The molecule has 4 aliphatic rings. The molecule has 0 radical (unpaired) electrons. The highest BCUT2D eigenvalue weighted by atomic mass is 35.5. The van der Waals surface area contributed by atoms with E-state index in [1.807, 2.05) is 0 Å². The zero-order chi connectivity index (χ0) is 19.2. The summed E-state index contributed by atoms with van der Waals surface area (Å²) >= 11 is 5.85. The number of anilines is 1. The molecule has 1 aromatic rings. The van der Waals surface area contributed by atoms with Crippen LogP contribution in [0.5, 0.6) is 0 Å². The smallest absolute Gasteiger partial charge is 0.312 e. The molecule has 4 aliphatic carbocycles. The van der Waals surface area contributed by atoms with Crippen LogP contribution in [-0.2, 0) is 14.3 Å². The summed E-state index contributed by atoms with van der Waals surface area (Å²) in [5.74, 6) is 0.904. The summed E-state index contributed by atoms with van der Waals surface area (Å²) in [7, 11) is 0. The summed E-state index contributed by atoms with van der Waals surface area (Å²) in [6.45, 7) is -0.454. The van der Waals surface area contributed by atoms with Crippen molar-refractivity contribution in [3.63, 3.8) is 0 Å². The average Bonchev–Trinajstić information content (AvgIpc) is 2.58. The van der Waals surface area contributed by atoms with Gasteiger partial charge < -0.3 is 10.1 Å². The monoisotopic (exact) mass is 392 g/mol. The number of carbonyl (C=O) groups is 2. The molecular formula is C19H21ClN2O5. The van der Waals surface area contributed by atoms with Crippen molar-refractivity contribution in [2.45, 2.75) is 38.5 Å². The van der Waals surface area contributed by atoms with Gasteiger partial charge in [0.25, 0.3) is 11.6 Å². The van der Waals surface area contributed by atoms with Crippen molar-refractivity contribution < 1.29 is 19.2 Å². The molecule has 5 rings (SSSR count). The third-order valence-corrected chi connectivity index (χ3v) is 6.47. The summed E-state index contributed by atoms with van der Waals surface area (Å²) in [6.07, 6.45) is 6.22. The predicted molar refractivity (Wildman–Crippen MR) is 98.3 cm³/mol. The van der Waals surface area contributed by atoms with Crippen molar-refractivity contribution in [2.75, 3.05) is 11.9 Å². The van der Waals surface area contributed by atoms with E-state index in [1.54, 1.807) is 0 Å². The molecule has 0 aromatic heterocycles. The lowest BCUT2D eigenvalue weighted by Gasteiger charge is -2.55. The Kier molecular flexibility index (Phi) is 4.58. The molecular weight excluding hydrogens is 372 g/mol. The van der Waals surface area contributed by atoms with Crippen LogP contribution in [0, 0.1) is 33.3 Å². The van der Waals surface area contributed by atoms with E-state index in [4.69, 9.17) is 16.3 Å². The van der Waals surface area contributed by atoms with Crippen LogP contribution in [-0.4, -0.2) is 23.4 Å². The topological polar surface area (TPSA) is 98.5 Å². The molecule has 0 atom stereocenters. The van der Waals surface area contributed by atoms with Crippen molar-refractivity contribution in [2.24, 2.45) is 23.2 Å². The van der Waals surface area contributed by atoms with Gasteiger partial charge in [0.15, 0.2) is 6.61 Å². The second-order valence-corrected chi connectivity index (χ2v) is 8.68. The molecule has 4 saturated carbocycles. The van der Waals surface area contributed by atoms with E-state index in [1.165, 1.54) is 37.5 Å². The highest BCUT2D eigenvalue weighted by Crippen LogP contribution is 2.60. The molecule has 0 spiro atoms. The fraction of sp³-hybridized carbons (Fsp3) is 0.579. The van der Waals surface area contributed by atoms with E-state index in [2.05, 4.69) is 5.32 Å². The van der Waals surface area contributed by atoms with Gasteiger partial charge in [0.05, 0.1) is 10.3 Å². The largest absolute Gasteiger partial charge is 0.455 e. The number of nitrogens with zero attached hydrogens (tertiary/aromatic N) is 1. The maximum Gasteiger partial charge on any atom is 0.312 e. The number of nitro benzene ring substituents is 1. The number of amides is 1. The van der Waals surface area contributed by atoms with Crippen LogP contribution >= 0.6 is 11.6 Å². The van der Waals surface area contributed by atoms with Crippen molar-refractivity contribution >= 4 is 34.9 Å². The lowest BCUT2D eigenvalue weighted by molar-refractivity contribution is -0.383. The Balaban J connectivity index is 1.38. The quantitative estimate of drug-likeness (QED) is 0.464. The maximum atomic E-state index is 12.8. The number of rotatable bonds is 5. The van der Waals surface area contributed by atoms with Gasteiger partial charge in [-0.1, -0.05) is 11.6 Å². The van der Waals surface area contributed by atoms with E-state index in [0.717, 1.165) is 19.3 Å². The molecule has 0 saturated heterocycles. The van der Waals surface area contributed by atoms with Crippen molar-refractivity contribution in [3.8, 4) is 0 Å². The van der Waals surface area contributed by atoms with Crippen LogP contribution in [0.1, 0.15) is 38.5 Å². The first-order valence-corrected chi connectivity index (χ1v) is 9.63. The van der Waals surface area contributed by atoms with E-state index in [0.29, 0.717) is 17.8 Å². The Hall–Kier alpha value is -2.15. The fourth-order valence-corrected chi connectivity index (χ4v) is 5.77. The summed E-state index contributed by atoms with van der Waals surface area (Å²) in [5, 5.41) is 13.8. The summed E-state index contributed by atoms with van der Waals surface area (Å²) < 4.78 is 5.34. The van der Waals surface area contributed by atoms with Crippen LogP contribution < -0.4 is 5.32 Å². The lowest BCUT2D eigenvalue weighted by atomic mass is 9.49. The normalized spacial score (nSPS) is 30.8. The van der Waals surface area contributed by atoms with Gasteiger partial charge in [0, 0.05) is 11.1 Å². The molecule has 27 heavy (non-hydrogen) atoms. The number of esters is 1. The van der Waals surface area contributed by atoms with Crippen molar-refractivity contribution in [1.29, 1.82) is 0 Å². The number of halogens is 1. The zero-order valence-corrected chi connectivity index (χ0v) is 15.5. The Morgan fingerprint density at radius 3 is 2.33 bits per heavy atom. The van der Waals surface area contributed by atoms with Gasteiger partial charge in [-0.05, 0) is 68.4 Å². The first kappa shape index (κ1) is 18.2. The maximum absolute atomic E-state index is 12.8. The van der Waals surface area contributed by atoms with Crippen molar-refractivity contribution in [3.05, 3.63) is 33.3 Å². The van der Waals surface area contributed by atoms with Gasteiger partial charge in [-0.2, -0.15) is 0 Å².